The van der Waals surface area contributed by atoms with Gasteiger partial charge >= 0.3 is 0 Å². The number of hydrogen-bond donors (Lipinski definition) is 3. The average molecular weight is 448 g/mol. The highest BCUT2D eigenvalue weighted by molar-refractivity contribution is 9.10. The number of nitrogens with one attached hydrogen (secondary N) is 2. The van der Waals surface area contributed by atoms with Crippen molar-refractivity contribution in [2.75, 3.05) is 13.2 Å². The lowest BCUT2D eigenvalue weighted by molar-refractivity contribution is -0.384. The molecule has 0 unspecified atom stereocenters. The van der Waals surface area contributed by atoms with Crippen molar-refractivity contribution >= 4 is 39.5 Å². The Balaban J connectivity index is 2.29. The molecular formula is C19H18BrN3O5. The number of hydrogen-bond acceptors (Lipinski definition) is 5. The van der Waals surface area contributed by atoms with Crippen molar-refractivity contribution in [1.82, 2.24) is 10.6 Å². The summed E-state index contributed by atoms with van der Waals surface area (Å²) in [6.07, 6.45) is 1.72. The second-order valence-corrected chi connectivity index (χ2v) is 6.62. The number of amides is 2. The highest BCUT2D eigenvalue weighted by atomic mass is 79.9. The van der Waals surface area contributed by atoms with E-state index in [-0.39, 0.29) is 24.5 Å². The maximum atomic E-state index is 12.5. The Morgan fingerprint density at radius 1 is 1.18 bits per heavy atom. The topological polar surface area (TPSA) is 122 Å². The van der Waals surface area contributed by atoms with Crippen LogP contribution in [0.1, 0.15) is 22.3 Å². The molecule has 2 rings (SSSR count). The molecular weight excluding hydrogens is 430 g/mol. The lowest BCUT2D eigenvalue weighted by Gasteiger charge is -2.11. The Morgan fingerprint density at radius 3 is 2.54 bits per heavy atom. The van der Waals surface area contributed by atoms with E-state index < -0.39 is 16.7 Å². The second kappa shape index (κ2) is 10.3. The molecule has 0 bridgehead atoms. The van der Waals surface area contributed by atoms with Gasteiger partial charge in [-0.05, 0) is 42.3 Å². The fraction of sp³-hybridized carbons (Fsp3) is 0.158. The Morgan fingerprint density at radius 2 is 1.89 bits per heavy atom. The first-order valence-corrected chi connectivity index (χ1v) is 9.12. The number of aliphatic hydroxyl groups excluding tert-OH is 1. The molecule has 28 heavy (non-hydrogen) atoms. The summed E-state index contributed by atoms with van der Waals surface area (Å²) in [5.41, 5.74) is 0.535. The molecule has 3 N–H and O–H groups in total. The molecule has 0 atom stereocenters. The molecule has 2 aromatic carbocycles. The Bertz CT molecular complexity index is 897. The van der Waals surface area contributed by atoms with Crippen molar-refractivity contribution in [1.29, 1.82) is 0 Å². The third-order valence-electron chi connectivity index (χ3n) is 3.61. The lowest BCUT2D eigenvalue weighted by atomic mass is 10.1. The average Bonchev–Trinajstić information content (AvgIpc) is 2.68. The minimum absolute atomic E-state index is 0.0636. The van der Waals surface area contributed by atoms with Crippen molar-refractivity contribution in [3.63, 3.8) is 0 Å². The van der Waals surface area contributed by atoms with E-state index in [1.807, 2.05) is 0 Å². The number of rotatable bonds is 8. The maximum Gasteiger partial charge on any atom is 0.270 e. The van der Waals surface area contributed by atoms with E-state index in [0.717, 1.165) is 4.47 Å². The van der Waals surface area contributed by atoms with E-state index in [1.165, 1.54) is 24.3 Å². The van der Waals surface area contributed by atoms with Crippen LogP contribution in [-0.4, -0.2) is 35.0 Å². The predicted octanol–water partition coefficient (Wildman–Crippen LogP) is 2.63. The first-order chi connectivity index (χ1) is 13.4. The first-order valence-electron chi connectivity index (χ1n) is 8.33. The minimum atomic E-state index is -0.564. The van der Waals surface area contributed by atoms with E-state index in [1.54, 1.807) is 30.3 Å². The fourth-order valence-corrected chi connectivity index (χ4v) is 2.49. The number of carbonyl (C=O) groups excluding carboxylic acids is 2. The zero-order chi connectivity index (χ0) is 20.5. The highest BCUT2D eigenvalue weighted by Crippen LogP contribution is 2.16. The largest absolute Gasteiger partial charge is 0.396 e. The molecule has 0 fully saturated rings. The number of non-ortho nitro benzene ring substituents is 1. The summed E-state index contributed by atoms with van der Waals surface area (Å²) < 4.78 is 0.804. The van der Waals surface area contributed by atoms with Crippen molar-refractivity contribution in [2.45, 2.75) is 6.42 Å². The molecule has 146 valence electrons. The van der Waals surface area contributed by atoms with Gasteiger partial charge in [-0.15, -0.1) is 0 Å². The summed E-state index contributed by atoms with van der Waals surface area (Å²) >= 11 is 3.28. The Labute approximate surface area is 169 Å². The van der Waals surface area contributed by atoms with Crippen molar-refractivity contribution < 1.29 is 19.6 Å². The predicted molar refractivity (Wildman–Crippen MR) is 107 cm³/mol. The van der Waals surface area contributed by atoms with Gasteiger partial charge in [-0.25, -0.2) is 0 Å². The molecule has 0 aliphatic rings. The van der Waals surface area contributed by atoms with Crippen LogP contribution < -0.4 is 10.6 Å². The fourth-order valence-electron chi connectivity index (χ4n) is 2.23. The molecule has 8 nitrogen and oxygen atoms in total. The summed E-state index contributed by atoms with van der Waals surface area (Å²) in [7, 11) is 0. The minimum Gasteiger partial charge on any atom is -0.396 e. The lowest BCUT2D eigenvalue weighted by Crippen LogP contribution is -2.35. The SMILES string of the molecule is O=C(NCCCO)/C(=C\c1cccc([N+](=O)[O-])c1)NC(=O)c1ccc(Br)cc1. The summed E-state index contributed by atoms with van der Waals surface area (Å²) in [6, 6.07) is 12.3. The van der Waals surface area contributed by atoms with Crippen LogP contribution in [0.25, 0.3) is 6.08 Å². The van der Waals surface area contributed by atoms with E-state index in [9.17, 15) is 19.7 Å². The van der Waals surface area contributed by atoms with Crippen molar-refractivity contribution in [3.05, 3.63) is 79.9 Å². The molecule has 0 radical (unpaired) electrons. The van der Waals surface area contributed by atoms with Crippen LogP contribution in [-0.2, 0) is 4.79 Å². The van der Waals surface area contributed by atoms with E-state index in [4.69, 9.17) is 5.11 Å². The van der Waals surface area contributed by atoms with Crippen LogP contribution in [0, 0.1) is 10.1 Å². The standard InChI is InChI=1S/C19H18BrN3O5/c20-15-7-5-14(6-8-15)18(25)22-17(19(26)21-9-2-10-24)12-13-3-1-4-16(11-13)23(27)28/h1,3-8,11-12,24H,2,9-10H2,(H,21,26)(H,22,25)/b17-12+. The smallest absolute Gasteiger partial charge is 0.270 e. The summed E-state index contributed by atoms with van der Waals surface area (Å²) in [5.74, 6) is -1.06. The number of benzene rings is 2. The van der Waals surface area contributed by atoms with Gasteiger partial charge < -0.3 is 15.7 Å². The quantitative estimate of drug-likeness (QED) is 0.248. The second-order valence-electron chi connectivity index (χ2n) is 5.70. The first kappa shape index (κ1) is 21.3. The molecule has 9 heteroatoms. The van der Waals surface area contributed by atoms with Crippen LogP contribution in [0.15, 0.2) is 58.7 Å². The molecule has 0 spiro atoms. The number of nitrogens with zero attached hydrogens (tertiary/aromatic N) is 1. The number of halogens is 1. The van der Waals surface area contributed by atoms with Gasteiger partial charge in [0, 0.05) is 35.3 Å². The van der Waals surface area contributed by atoms with Crippen LogP contribution in [0.2, 0.25) is 0 Å². The summed E-state index contributed by atoms with van der Waals surface area (Å²) in [6.45, 7) is 0.130. The molecule has 0 saturated heterocycles. The third kappa shape index (κ3) is 6.29. The number of nitro benzene ring substituents is 1. The molecule has 2 aromatic rings. The zero-order valence-corrected chi connectivity index (χ0v) is 16.3. The van der Waals surface area contributed by atoms with Gasteiger partial charge in [0.05, 0.1) is 4.92 Å². The highest BCUT2D eigenvalue weighted by Gasteiger charge is 2.15. The van der Waals surface area contributed by atoms with Crippen LogP contribution in [0.3, 0.4) is 0 Å². The molecule has 0 aliphatic carbocycles. The van der Waals surface area contributed by atoms with Gasteiger partial charge in [-0.1, -0.05) is 28.1 Å². The monoisotopic (exact) mass is 447 g/mol. The van der Waals surface area contributed by atoms with Crippen LogP contribution in [0.5, 0.6) is 0 Å². The number of carbonyl (C=O) groups is 2. The van der Waals surface area contributed by atoms with Gasteiger partial charge in [-0.2, -0.15) is 0 Å². The van der Waals surface area contributed by atoms with E-state index >= 15 is 0 Å². The van der Waals surface area contributed by atoms with Crippen LogP contribution in [0.4, 0.5) is 5.69 Å². The molecule has 2 amide bonds. The maximum absolute atomic E-state index is 12.5. The van der Waals surface area contributed by atoms with E-state index in [0.29, 0.717) is 17.5 Å². The van der Waals surface area contributed by atoms with Gasteiger partial charge in [0.15, 0.2) is 0 Å². The van der Waals surface area contributed by atoms with Gasteiger partial charge in [-0.3, -0.25) is 19.7 Å². The molecule has 0 saturated carbocycles. The van der Waals surface area contributed by atoms with E-state index in [2.05, 4.69) is 26.6 Å². The summed E-state index contributed by atoms with van der Waals surface area (Å²) in [4.78, 5) is 35.3. The number of nitro groups is 1. The molecule has 0 heterocycles. The van der Waals surface area contributed by atoms with Gasteiger partial charge in [0.25, 0.3) is 17.5 Å². The Hall–Kier alpha value is -3.04. The third-order valence-corrected chi connectivity index (χ3v) is 4.14. The molecule has 0 aliphatic heterocycles. The van der Waals surface area contributed by atoms with Gasteiger partial charge in [0.2, 0.25) is 0 Å². The normalized spacial score (nSPS) is 11.0. The molecule has 0 aromatic heterocycles. The summed E-state index contributed by atoms with van der Waals surface area (Å²) in [5, 5.41) is 24.9. The Kier molecular flexibility index (Phi) is 7.85. The van der Waals surface area contributed by atoms with Crippen LogP contribution >= 0.6 is 15.9 Å². The van der Waals surface area contributed by atoms with Gasteiger partial charge in [0.1, 0.15) is 5.70 Å². The zero-order valence-electron chi connectivity index (χ0n) is 14.7. The van der Waals surface area contributed by atoms with Crippen molar-refractivity contribution in [3.8, 4) is 0 Å². The number of aliphatic hydroxyl groups is 1. The van der Waals surface area contributed by atoms with Crippen molar-refractivity contribution in [2.24, 2.45) is 0 Å².